The van der Waals surface area contributed by atoms with Gasteiger partial charge < -0.3 is 14.6 Å². The molecule has 0 bridgehead atoms. The third kappa shape index (κ3) is 5.47. The van der Waals surface area contributed by atoms with Crippen molar-refractivity contribution >= 4 is 23.8 Å². The first-order chi connectivity index (χ1) is 13.7. The van der Waals surface area contributed by atoms with Gasteiger partial charge in [0.1, 0.15) is 18.2 Å². The van der Waals surface area contributed by atoms with Crippen LogP contribution in [0, 0.1) is 0 Å². The third-order valence-corrected chi connectivity index (χ3v) is 4.71. The molecular formula is C21H20N3O3S-. The molecule has 3 aromatic rings. The number of nitrogens with zero attached hydrogens (tertiary/aromatic N) is 2. The number of carboxylic acids is 1. The highest BCUT2D eigenvalue weighted by atomic mass is 32.2. The third-order valence-electron chi connectivity index (χ3n) is 3.84. The minimum atomic E-state index is -1.29. The summed E-state index contributed by atoms with van der Waals surface area (Å²) < 4.78 is 5.89. The second-order valence-electron chi connectivity index (χ2n) is 6.02. The Morgan fingerprint density at radius 1 is 1.18 bits per heavy atom. The van der Waals surface area contributed by atoms with E-state index in [1.54, 1.807) is 12.1 Å². The number of aromatic amines is 1. The molecule has 0 saturated heterocycles. The number of hydrogen-bond donors (Lipinski definition) is 1. The van der Waals surface area contributed by atoms with Gasteiger partial charge in [0.2, 0.25) is 5.16 Å². The molecule has 1 heterocycles. The van der Waals surface area contributed by atoms with E-state index in [2.05, 4.69) is 15.2 Å². The average Bonchev–Trinajstić information content (AvgIpc) is 3.15. The van der Waals surface area contributed by atoms with Gasteiger partial charge in [-0.25, -0.2) is 4.98 Å². The Hall–Kier alpha value is -3.06. The monoisotopic (exact) mass is 394 g/mol. The van der Waals surface area contributed by atoms with Crippen LogP contribution >= 0.6 is 11.8 Å². The number of thioether (sulfide) groups is 1. The Kier molecular flexibility index (Phi) is 6.86. The molecule has 0 amide bonds. The summed E-state index contributed by atoms with van der Waals surface area (Å²) in [6, 6.07) is 17.0. The van der Waals surface area contributed by atoms with Crippen molar-refractivity contribution in [1.82, 2.24) is 15.2 Å². The smallest absolute Gasteiger partial charge is 0.213 e. The maximum absolute atomic E-state index is 11.6. The second kappa shape index (κ2) is 9.75. The van der Waals surface area contributed by atoms with Crippen LogP contribution in [-0.4, -0.2) is 21.2 Å². The van der Waals surface area contributed by atoms with E-state index in [0.29, 0.717) is 23.1 Å². The fourth-order valence-corrected chi connectivity index (χ4v) is 3.22. The fraction of sp³-hybridized carbons (Fsp3) is 0.190. The summed E-state index contributed by atoms with van der Waals surface area (Å²) in [5.74, 6) is 0.0337. The maximum atomic E-state index is 11.6. The van der Waals surface area contributed by atoms with Gasteiger partial charge in [0.05, 0.1) is 5.97 Å². The molecule has 0 aliphatic rings. The molecule has 0 spiro atoms. The molecule has 0 atom stereocenters. The number of rotatable bonds is 9. The Morgan fingerprint density at radius 2 is 1.93 bits per heavy atom. The van der Waals surface area contributed by atoms with Crippen molar-refractivity contribution in [1.29, 1.82) is 0 Å². The van der Waals surface area contributed by atoms with Crippen LogP contribution in [0.2, 0.25) is 0 Å². The van der Waals surface area contributed by atoms with Gasteiger partial charge in [0, 0.05) is 16.9 Å². The fourth-order valence-electron chi connectivity index (χ4n) is 2.51. The largest absolute Gasteiger partial charge is 0.544 e. The number of benzene rings is 2. The highest BCUT2D eigenvalue weighted by molar-refractivity contribution is 8.04. The van der Waals surface area contributed by atoms with Gasteiger partial charge in [-0.2, -0.15) is 0 Å². The van der Waals surface area contributed by atoms with Crippen LogP contribution < -0.4 is 9.84 Å². The number of hydrogen-bond acceptors (Lipinski definition) is 6. The van der Waals surface area contributed by atoms with E-state index in [-0.39, 0.29) is 4.91 Å². The molecule has 6 nitrogen and oxygen atoms in total. The lowest BCUT2D eigenvalue weighted by Gasteiger charge is -2.11. The summed E-state index contributed by atoms with van der Waals surface area (Å²) in [5, 5.41) is 18.9. The summed E-state index contributed by atoms with van der Waals surface area (Å²) in [6.07, 6.45) is 3.21. The predicted molar refractivity (Wildman–Crippen MR) is 106 cm³/mol. The van der Waals surface area contributed by atoms with Crippen LogP contribution in [0.4, 0.5) is 0 Å². The first kappa shape index (κ1) is 19.7. The van der Waals surface area contributed by atoms with Crippen LogP contribution in [-0.2, 0) is 17.8 Å². The predicted octanol–water partition coefficient (Wildman–Crippen LogP) is 3.22. The number of carbonyl (C=O) groups is 1. The van der Waals surface area contributed by atoms with E-state index in [0.717, 1.165) is 36.0 Å². The molecule has 0 aliphatic carbocycles. The quantitative estimate of drug-likeness (QED) is 0.443. The van der Waals surface area contributed by atoms with Crippen molar-refractivity contribution < 1.29 is 14.6 Å². The van der Waals surface area contributed by atoms with Gasteiger partial charge in [-0.05, 0) is 35.9 Å². The molecule has 1 N–H and O–H groups in total. The number of para-hydroxylation sites is 1. The zero-order valence-electron chi connectivity index (χ0n) is 15.4. The number of aryl methyl sites for hydroxylation is 1. The number of H-pyrrole nitrogens is 1. The molecule has 0 unspecified atom stereocenters. The summed E-state index contributed by atoms with van der Waals surface area (Å²) >= 11 is 0.952. The number of carboxylic acid groups (broad SMARTS) is 1. The van der Waals surface area contributed by atoms with Gasteiger partial charge in [0.25, 0.3) is 0 Å². The topological polar surface area (TPSA) is 90.9 Å². The van der Waals surface area contributed by atoms with Gasteiger partial charge >= 0.3 is 0 Å². The number of aromatic nitrogens is 3. The van der Waals surface area contributed by atoms with E-state index >= 15 is 0 Å². The van der Waals surface area contributed by atoms with E-state index < -0.39 is 5.97 Å². The zero-order chi connectivity index (χ0) is 19.8. The lowest BCUT2D eigenvalue weighted by Crippen LogP contribution is -2.23. The zero-order valence-corrected chi connectivity index (χ0v) is 16.2. The van der Waals surface area contributed by atoms with E-state index in [1.807, 2.05) is 49.4 Å². The van der Waals surface area contributed by atoms with Gasteiger partial charge in [-0.3, -0.25) is 5.10 Å². The Labute approximate surface area is 167 Å². The van der Waals surface area contributed by atoms with Gasteiger partial charge in [0.15, 0.2) is 0 Å². The molecule has 28 heavy (non-hydrogen) atoms. The van der Waals surface area contributed by atoms with Crippen LogP contribution in [0.5, 0.6) is 5.75 Å². The summed E-state index contributed by atoms with van der Waals surface area (Å²) in [4.78, 5) is 15.9. The Morgan fingerprint density at radius 3 is 2.68 bits per heavy atom. The highest BCUT2D eigenvalue weighted by Crippen LogP contribution is 2.29. The molecule has 2 aromatic carbocycles. The van der Waals surface area contributed by atoms with Crippen molar-refractivity contribution in [2.75, 3.05) is 0 Å². The first-order valence-electron chi connectivity index (χ1n) is 8.93. The molecule has 1 aromatic heterocycles. The van der Waals surface area contributed by atoms with Crippen LogP contribution in [0.15, 0.2) is 64.7 Å². The number of aliphatic carboxylic acids is 1. The number of ether oxygens (including phenoxy) is 1. The average molecular weight is 394 g/mol. The van der Waals surface area contributed by atoms with E-state index in [9.17, 15) is 9.90 Å². The molecular weight excluding hydrogens is 374 g/mol. The molecule has 0 aliphatic heterocycles. The normalized spacial score (nSPS) is 11.4. The molecule has 7 heteroatoms. The Balaban J connectivity index is 1.79. The summed E-state index contributed by atoms with van der Waals surface area (Å²) in [6.45, 7) is 2.43. The molecule has 0 saturated carbocycles. The second-order valence-corrected chi connectivity index (χ2v) is 7.03. The SMILES string of the molecule is CCCc1nc(S/C(=C/c2ccccc2OCc2ccccc2)C(=O)[O-])n[nH]1. The highest BCUT2D eigenvalue weighted by Gasteiger charge is 2.10. The number of carbonyl (C=O) groups excluding carboxylic acids is 1. The van der Waals surface area contributed by atoms with Crippen molar-refractivity contribution in [2.24, 2.45) is 0 Å². The molecule has 144 valence electrons. The minimum Gasteiger partial charge on any atom is -0.544 e. The molecule has 0 radical (unpaired) electrons. The van der Waals surface area contributed by atoms with Crippen LogP contribution in [0.3, 0.4) is 0 Å². The van der Waals surface area contributed by atoms with Crippen LogP contribution in [0.25, 0.3) is 6.08 Å². The van der Waals surface area contributed by atoms with Crippen molar-refractivity contribution in [3.63, 3.8) is 0 Å². The molecule has 0 fully saturated rings. The van der Waals surface area contributed by atoms with Crippen molar-refractivity contribution in [2.45, 2.75) is 31.5 Å². The van der Waals surface area contributed by atoms with Crippen LogP contribution in [0.1, 0.15) is 30.3 Å². The van der Waals surface area contributed by atoms with Crippen molar-refractivity contribution in [3.05, 3.63) is 76.5 Å². The van der Waals surface area contributed by atoms with E-state index in [4.69, 9.17) is 4.74 Å². The van der Waals surface area contributed by atoms with Gasteiger partial charge in [-0.1, -0.05) is 55.5 Å². The minimum absolute atomic E-state index is 0.0119. The Bertz CT molecular complexity index is 954. The van der Waals surface area contributed by atoms with E-state index in [1.165, 1.54) is 6.08 Å². The van der Waals surface area contributed by atoms with Crippen molar-refractivity contribution in [3.8, 4) is 5.75 Å². The standard InChI is InChI=1S/C21H21N3O3S/c1-2-8-19-22-21(24-23-19)28-18(20(25)26)13-16-11-6-7-12-17(16)27-14-15-9-4-3-5-10-15/h3-7,9-13H,2,8,14H2,1H3,(H,25,26)(H,22,23,24)/p-1/b18-13+. The molecule has 3 rings (SSSR count). The van der Waals surface area contributed by atoms with Gasteiger partial charge in [-0.15, -0.1) is 5.10 Å². The lowest BCUT2D eigenvalue weighted by atomic mass is 10.2. The number of nitrogens with one attached hydrogen (secondary N) is 1. The lowest BCUT2D eigenvalue weighted by molar-refractivity contribution is -0.297. The maximum Gasteiger partial charge on any atom is 0.213 e. The summed E-state index contributed by atoms with van der Waals surface area (Å²) in [7, 11) is 0. The summed E-state index contributed by atoms with van der Waals surface area (Å²) in [5.41, 5.74) is 1.68. The first-order valence-corrected chi connectivity index (χ1v) is 9.75.